The fourth-order valence-electron chi connectivity index (χ4n) is 3.71. The van der Waals surface area contributed by atoms with Gasteiger partial charge in [0.1, 0.15) is 29.1 Å². The summed E-state index contributed by atoms with van der Waals surface area (Å²) in [5.41, 5.74) is 0.957. The lowest BCUT2D eigenvalue weighted by molar-refractivity contribution is -0.140. The van der Waals surface area contributed by atoms with Gasteiger partial charge in [0, 0.05) is 12.1 Å². The minimum absolute atomic E-state index is 0.0955. The number of hydrogen-bond donors (Lipinski definition) is 1. The molecule has 1 aromatic heterocycles. The molecule has 1 aliphatic rings. The van der Waals surface area contributed by atoms with Crippen molar-refractivity contribution in [1.29, 1.82) is 0 Å². The van der Waals surface area contributed by atoms with Gasteiger partial charge < -0.3 is 14.4 Å². The van der Waals surface area contributed by atoms with E-state index in [0.717, 1.165) is 5.56 Å². The van der Waals surface area contributed by atoms with Crippen LogP contribution in [0.5, 0.6) is 0 Å². The van der Waals surface area contributed by atoms with E-state index >= 15 is 0 Å². The maximum absolute atomic E-state index is 13.2. The second-order valence-electron chi connectivity index (χ2n) is 7.45. The van der Waals surface area contributed by atoms with E-state index in [4.69, 9.17) is 27.6 Å². The van der Waals surface area contributed by atoms with Gasteiger partial charge in [-0.15, -0.1) is 0 Å². The Labute approximate surface area is 193 Å². The van der Waals surface area contributed by atoms with Gasteiger partial charge in [-0.2, -0.15) is 0 Å². The third-order valence-electron chi connectivity index (χ3n) is 5.32. The van der Waals surface area contributed by atoms with Crippen molar-refractivity contribution in [3.05, 3.63) is 98.7 Å². The van der Waals surface area contributed by atoms with Crippen molar-refractivity contribution >= 4 is 40.7 Å². The number of aryl methyl sites for hydroxylation is 1. The SMILES string of the molecule is Cc1ccc(C2/C(=C(/O)c3ccc(Cl)c(Cl)c3)C(=O)C(=O)N2CCc2ccc(F)cc2)o1. The molecule has 32 heavy (non-hydrogen) atoms. The molecule has 2 heterocycles. The molecular weight excluding hydrogens is 456 g/mol. The van der Waals surface area contributed by atoms with Gasteiger partial charge in [0.25, 0.3) is 11.7 Å². The molecule has 1 aliphatic heterocycles. The normalized spacial score (nSPS) is 17.9. The van der Waals surface area contributed by atoms with Crippen LogP contribution < -0.4 is 0 Å². The Balaban J connectivity index is 1.76. The van der Waals surface area contributed by atoms with Crippen LogP contribution >= 0.6 is 23.2 Å². The van der Waals surface area contributed by atoms with Gasteiger partial charge in [-0.1, -0.05) is 35.3 Å². The van der Waals surface area contributed by atoms with Gasteiger partial charge in [0.05, 0.1) is 15.6 Å². The van der Waals surface area contributed by atoms with Crippen LogP contribution in [0.25, 0.3) is 5.76 Å². The van der Waals surface area contributed by atoms with E-state index < -0.39 is 17.7 Å². The van der Waals surface area contributed by atoms with Crippen molar-refractivity contribution in [3.63, 3.8) is 0 Å². The fourth-order valence-corrected chi connectivity index (χ4v) is 4.00. The van der Waals surface area contributed by atoms with E-state index in [2.05, 4.69) is 0 Å². The number of likely N-dealkylation sites (tertiary alicyclic amines) is 1. The first-order valence-electron chi connectivity index (χ1n) is 9.81. The Kier molecular flexibility index (Phi) is 6.09. The fraction of sp³-hybridized carbons (Fsp3) is 0.167. The molecule has 2 aromatic carbocycles. The lowest BCUT2D eigenvalue weighted by Crippen LogP contribution is -2.31. The molecule has 0 saturated carbocycles. The molecule has 0 spiro atoms. The van der Waals surface area contributed by atoms with Crippen LogP contribution in [0.2, 0.25) is 10.0 Å². The van der Waals surface area contributed by atoms with E-state index in [1.165, 1.54) is 35.2 Å². The highest BCUT2D eigenvalue weighted by molar-refractivity contribution is 6.46. The number of halogens is 3. The Morgan fingerprint density at radius 2 is 1.78 bits per heavy atom. The van der Waals surface area contributed by atoms with Gasteiger partial charge in [0.15, 0.2) is 0 Å². The zero-order chi connectivity index (χ0) is 23.0. The third-order valence-corrected chi connectivity index (χ3v) is 6.06. The molecule has 1 unspecified atom stereocenters. The van der Waals surface area contributed by atoms with E-state index in [1.54, 1.807) is 31.2 Å². The van der Waals surface area contributed by atoms with Crippen LogP contribution in [0.1, 0.15) is 28.7 Å². The molecule has 0 aliphatic carbocycles. The predicted octanol–water partition coefficient (Wildman–Crippen LogP) is 5.70. The van der Waals surface area contributed by atoms with Gasteiger partial charge >= 0.3 is 0 Å². The molecule has 3 aromatic rings. The van der Waals surface area contributed by atoms with E-state index in [-0.39, 0.29) is 34.3 Å². The summed E-state index contributed by atoms with van der Waals surface area (Å²) in [6, 6.07) is 12.8. The van der Waals surface area contributed by atoms with Crippen molar-refractivity contribution in [2.24, 2.45) is 0 Å². The van der Waals surface area contributed by atoms with Crippen molar-refractivity contribution in [1.82, 2.24) is 4.90 Å². The smallest absolute Gasteiger partial charge is 0.295 e. The number of Topliss-reactive ketones (excluding diaryl/α,β-unsaturated/α-hetero) is 1. The van der Waals surface area contributed by atoms with E-state index in [1.807, 2.05) is 0 Å². The van der Waals surface area contributed by atoms with Crippen molar-refractivity contribution < 1.29 is 23.5 Å². The first-order valence-corrected chi connectivity index (χ1v) is 10.6. The third kappa shape index (κ3) is 4.16. The number of amides is 1. The average Bonchev–Trinajstić information content (AvgIpc) is 3.30. The standard InChI is InChI=1S/C24H18Cl2FNO4/c1-13-2-9-19(32-13)21-20(22(29)15-5-8-17(25)18(26)12-15)23(30)24(31)28(21)11-10-14-3-6-16(27)7-4-14/h2-9,12,21,29H,10-11H2,1H3/b22-20-. The van der Waals surface area contributed by atoms with Crippen molar-refractivity contribution in [2.75, 3.05) is 6.54 Å². The summed E-state index contributed by atoms with van der Waals surface area (Å²) in [5, 5.41) is 11.5. The van der Waals surface area contributed by atoms with Gasteiger partial charge in [-0.3, -0.25) is 9.59 Å². The summed E-state index contributed by atoms with van der Waals surface area (Å²) >= 11 is 12.0. The molecule has 1 saturated heterocycles. The summed E-state index contributed by atoms with van der Waals surface area (Å²) in [5.74, 6) is -1.37. The molecule has 5 nitrogen and oxygen atoms in total. The maximum Gasteiger partial charge on any atom is 0.295 e. The summed E-state index contributed by atoms with van der Waals surface area (Å²) in [4.78, 5) is 27.2. The Morgan fingerprint density at radius 3 is 2.41 bits per heavy atom. The second-order valence-corrected chi connectivity index (χ2v) is 8.26. The number of rotatable bonds is 5. The molecule has 1 N–H and O–H groups in total. The summed E-state index contributed by atoms with van der Waals surface area (Å²) in [6.07, 6.45) is 0.385. The number of benzene rings is 2. The molecule has 4 rings (SSSR count). The molecule has 1 fully saturated rings. The largest absolute Gasteiger partial charge is 0.507 e. The van der Waals surface area contributed by atoms with E-state index in [9.17, 15) is 19.1 Å². The minimum atomic E-state index is -0.918. The number of aliphatic hydroxyl groups is 1. The number of carbonyl (C=O) groups excluding carboxylic acids is 2. The van der Waals surface area contributed by atoms with Crippen molar-refractivity contribution in [3.8, 4) is 0 Å². The van der Waals surface area contributed by atoms with Crippen molar-refractivity contribution in [2.45, 2.75) is 19.4 Å². The number of furan rings is 1. The number of nitrogens with zero attached hydrogens (tertiary/aromatic N) is 1. The van der Waals surface area contributed by atoms with Crippen LogP contribution in [0.3, 0.4) is 0 Å². The number of aliphatic hydroxyl groups excluding tert-OH is 1. The molecule has 8 heteroatoms. The predicted molar refractivity (Wildman–Crippen MR) is 119 cm³/mol. The number of carbonyl (C=O) groups is 2. The van der Waals surface area contributed by atoms with Crippen LogP contribution in [0, 0.1) is 12.7 Å². The topological polar surface area (TPSA) is 70.8 Å². The van der Waals surface area contributed by atoms with Gasteiger partial charge in [-0.05, 0) is 61.4 Å². The molecular formula is C24H18Cl2FNO4. The molecule has 0 radical (unpaired) electrons. The summed E-state index contributed by atoms with van der Waals surface area (Å²) in [6.45, 7) is 1.91. The van der Waals surface area contributed by atoms with Gasteiger partial charge in [-0.25, -0.2) is 4.39 Å². The monoisotopic (exact) mass is 473 g/mol. The Hall–Kier alpha value is -3.09. The lowest BCUT2D eigenvalue weighted by atomic mass is 9.99. The van der Waals surface area contributed by atoms with Gasteiger partial charge in [0.2, 0.25) is 0 Å². The zero-order valence-electron chi connectivity index (χ0n) is 16.9. The summed E-state index contributed by atoms with van der Waals surface area (Å²) < 4.78 is 18.9. The highest BCUT2D eigenvalue weighted by Crippen LogP contribution is 2.40. The molecule has 1 atom stereocenters. The zero-order valence-corrected chi connectivity index (χ0v) is 18.5. The lowest BCUT2D eigenvalue weighted by Gasteiger charge is -2.23. The minimum Gasteiger partial charge on any atom is -0.507 e. The molecule has 164 valence electrons. The maximum atomic E-state index is 13.2. The van der Waals surface area contributed by atoms with Crippen LogP contribution in [-0.4, -0.2) is 28.2 Å². The van der Waals surface area contributed by atoms with Crippen LogP contribution in [-0.2, 0) is 16.0 Å². The highest BCUT2D eigenvalue weighted by Gasteiger charge is 2.47. The molecule has 0 bridgehead atoms. The highest BCUT2D eigenvalue weighted by atomic mass is 35.5. The first kappa shape index (κ1) is 22.1. The summed E-state index contributed by atoms with van der Waals surface area (Å²) in [7, 11) is 0. The Bertz CT molecular complexity index is 1230. The average molecular weight is 474 g/mol. The number of hydrogen-bond acceptors (Lipinski definition) is 4. The first-order chi connectivity index (χ1) is 15.3. The quantitative estimate of drug-likeness (QED) is 0.293. The Morgan fingerprint density at radius 1 is 1.06 bits per heavy atom. The second kappa shape index (κ2) is 8.81. The van der Waals surface area contributed by atoms with Crippen LogP contribution in [0.4, 0.5) is 4.39 Å². The van der Waals surface area contributed by atoms with Crippen LogP contribution in [0.15, 0.2) is 64.6 Å². The van der Waals surface area contributed by atoms with E-state index in [0.29, 0.717) is 23.0 Å². The molecule has 1 amide bonds. The number of ketones is 1.